The number of halogens is 2. The quantitative estimate of drug-likeness (QED) is 0.736. The predicted octanol–water partition coefficient (Wildman–Crippen LogP) is 3.11. The molecule has 0 N–H and O–H groups in total. The Morgan fingerprint density at radius 3 is 2.14 bits per heavy atom. The molecule has 0 amide bonds. The predicted molar refractivity (Wildman–Crippen MR) is 54.6 cm³/mol. The van der Waals surface area contributed by atoms with E-state index in [4.69, 9.17) is 0 Å². The maximum absolute atomic E-state index is 12.9. The fourth-order valence-corrected chi connectivity index (χ4v) is 9.27. The van der Waals surface area contributed by atoms with Crippen molar-refractivity contribution in [1.82, 2.24) is 0 Å². The van der Waals surface area contributed by atoms with Crippen molar-refractivity contribution in [3.8, 4) is 0 Å². The first kappa shape index (κ1) is 10.2. The molecule has 72 valence electrons. The second-order valence-electron chi connectivity index (χ2n) is 3.79. The Bertz CT molecular complexity index is 332. The van der Waals surface area contributed by atoms with Gasteiger partial charge in [0, 0.05) is 0 Å². The van der Waals surface area contributed by atoms with Gasteiger partial charge in [-0.15, -0.1) is 0 Å². The van der Waals surface area contributed by atoms with Gasteiger partial charge in [-0.25, -0.2) is 0 Å². The standard InChI is InChI=1S/C7H5F2.C4H6.In/c1-5-2-6(8)4-7(9)3-5;1-3-4-2;/h2-4H,1H2;3-4H,1-2H2;. The minimum absolute atomic E-state index is 0.447. The molecule has 1 aromatic rings. The molecule has 0 fully saturated rings. The SMILES string of the molecule is Fc1cc(F)cc([CH2][In]2[CH2]C=C[CH2]2)c1. The first-order chi connectivity index (χ1) is 6.74. The first-order valence-corrected chi connectivity index (χ1v) is 11.8. The summed E-state index contributed by atoms with van der Waals surface area (Å²) in [5.74, 6) is -0.894. The molecule has 1 heterocycles. The monoisotopic (exact) mass is 296 g/mol. The third-order valence-corrected chi connectivity index (χ3v) is 10.9. The van der Waals surface area contributed by atoms with Crippen LogP contribution in [0.2, 0.25) is 8.35 Å². The second-order valence-corrected chi connectivity index (χ2v) is 12.6. The van der Waals surface area contributed by atoms with Crippen molar-refractivity contribution in [2.45, 2.75) is 12.5 Å². The van der Waals surface area contributed by atoms with E-state index in [9.17, 15) is 8.78 Å². The Morgan fingerprint density at radius 1 is 1.00 bits per heavy atom. The Hall–Kier alpha value is -0.310. The van der Waals surface area contributed by atoms with Crippen molar-refractivity contribution in [1.29, 1.82) is 0 Å². The molecule has 1 aliphatic heterocycles. The third kappa shape index (κ3) is 2.59. The van der Waals surface area contributed by atoms with Gasteiger partial charge in [0.1, 0.15) is 0 Å². The molecule has 0 saturated carbocycles. The van der Waals surface area contributed by atoms with Gasteiger partial charge in [-0.3, -0.25) is 0 Å². The first-order valence-electron chi connectivity index (χ1n) is 4.84. The molecule has 3 heteroatoms. The molecule has 0 radical (unpaired) electrons. The number of hydrogen-bond donors (Lipinski definition) is 0. The molecule has 14 heavy (non-hydrogen) atoms. The van der Waals surface area contributed by atoms with Crippen LogP contribution >= 0.6 is 0 Å². The van der Waals surface area contributed by atoms with Crippen LogP contribution in [-0.2, 0) is 4.18 Å². The second kappa shape index (κ2) is 4.47. The van der Waals surface area contributed by atoms with E-state index in [0.717, 1.165) is 15.8 Å². The van der Waals surface area contributed by atoms with Crippen molar-refractivity contribution in [2.24, 2.45) is 0 Å². The molecule has 0 spiro atoms. The van der Waals surface area contributed by atoms with Crippen LogP contribution in [0.3, 0.4) is 0 Å². The van der Waals surface area contributed by atoms with Crippen molar-refractivity contribution >= 4 is 21.4 Å². The van der Waals surface area contributed by atoms with Crippen molar-refractivity contribution in [3.63, 3.8) is 0 Å². The third-order valence-electron chi connectivity index (χ3n) is 2.55. The van der Waals surface area contributed by atoms with E-state index in [1.807, 2.05) is 0 Å². The number of rotatable bonds is 2. The van der Waals surface area contributed by atoms with Crippen molar-refractivity contribution in [3.05, 3.63) is 47.5 Å². The molecule has 0 saturated heterocycles. The van der Waals surface area contributed by atoms with Crippen LogP contribution in [-0.4, -0.2) is 21.4 Å². The van der Waals surface area contributed by atoms with Crippen molar-refractivity contribution < 1.29 is 8.78 Å². The Kier molecular flexibility index (Phi) is 3.26. The van der Waals surface area contributed by atoms with E-state index >= 15 is 0 Å². The van der Waals surface area contributed by atoms with Gasteiger partial charge in [0.25, 0.3) is 0 Å². The number of hydrogen-bond acceptors (Lipinski definition) is 0. The summed E-state index contributed by atoms with van der Waals surface area (Å²) in [5.41, 5.74) is 0.854. The summed E-state index contributed by atoms with van der Waals surface area (Å²) in [4.78, 5) is 0. The molecule has 0 aliphatic carbocycles. The van der Waals surface area contributed by atoms with Gasteiger partial charge in [0.15, 0.2) is 0 Å². The van der Waals surface area contributed by atoms with Gasteiger partial charge < -0.3 is 0 Å². The molecular formula is C11H11F2In. The summed E-state index contributed by atoms with van der Waals surface area (Å²) in [6.07, 6.45) is 4.44. The summed E-state index contributed by atoms with van der Waals surface area (Å²) in [6.45, 7) is 0. The van der Waals surface area contributed by atoms with Crippen LogP contribution in [0.25, 0.3) is 0 Å². The molecule has 0 unspecified atom stereocenters. The fraction of sp³-hybridized carbons (Fsp3) is 0.273. The summed E-state index contributed by atoms with van der Waals surface area (Å²) < 4.78 is 29.2. The van der Waals surface area contributed by atoms with Crippen LogP contribution < -0.4 is 0 Å². The van der Waals surface area contributed by atoms with E-state index in [-0.39, 0.29) is 0 Å². The van der Waals surface area contributed by atoms with Gasteiger partial charge >= 0.3 is 90.3 Å². The van der Waals surface area contributed by atoms with Crippen LogP contribution in [0.4, 0.5) is 8.78 Å². The topological polar surface area (TPSA) is 0 Å². The van der Waals surface area contributed by atoms with Crippen molar-refractivity contribution in [2.75, 3.05) is 0 Å². The molecule has 2 rings (SSSR count). The maximum atomic E-state index is 12.9. The summed E-state index contributed by atoms with van der Waals surface area (Å²) >= 11 is -1.47. The summed E-state index contributed by atoms with van der Waals surface area (Å²) in [7, 11) is 0. The Balaban J connectivity index is 2.08. The normalized spacial score (nSPS) is 15.1. The number of allylic oxidation sites excluding steroid dienone is 2. The summed E-state index contributed by atoms with van der Waals surface area (Å²) in [5, 5.41) is 0. The molecule has 0 aromatic heterocycles. The summed E-state index contributed by atoms with van der Waals surface area (Å²) in [6, 6.07) is 3.88. The van der Waals surface area contributed by atoms with E-state index in [0.29, 0.717) is 0 Å². The minimum atomic E-state index is -1.47. The van der Waals surface area contributed by atoms with Crippen LogP contribution in [0, 0.1) is 11.6 Å². The molecular weight excluding hydrogens is 285 g/mol. The average molecular weight is 296 g/mol. The van der Waals surface area contributed by atoms with E-state index in [1.54, 1.807) is 0 Å². The molecule has 1 aliphatic rings. The van der Waals surface area contributed by atoms with E-state index < -0.39 is 33.1 Å². The molecule has 0 nitrogen and oxygen atoms in total. The van der Waals surface area contributed by atoms with Gasteiger partial charge in [0.05, 0.1) is 0 Å². The molecule has 0 bridgehead atoms. The number of benzene rings is 1. The van der Waals surface area contributed by atoms with Gasteiger partial charge in [-0.2, -0.15) is 0 Å². The van der Waals surface area contributed by atoms with E-state index in [2.05, 4.69) is 12.2 Å². The Labute approximate surface area is 90.2 Å². The fourth-order valence-electron chi connectivity index (χ4n) is 1.90. The van der Waals surface area contributed by atoms with Gasteiger partial charge in [0.2, 0.25) is 0 Å². The van der Waals surface area contributed by atoms with Crippen LogP contribution in [0.5, 0.6) is 0 Å². The van der Waals surface area contributed by atoms with Crippen LogP contribution in [0.1, 0.15) is 5.56 Å². The molecule has 0 atom stereocenters. The zero-order chi connectivity index (χ0) is 9.97. The molecule has 1 aromatic carbocycles. The van der Waals surface area contributed by atoms with Gasteiger partial charge in [-0.1, -0.05) is 0 Å². The zero-order valence-corrected chi connectivity index (χ0v) is 11.1. The van der Waals surface area contributed by atoms with Crippen LogP contribution in [0.15, 0.2) is 30.4 Å². The Morgan fingerprint density at radius 2 is 1.57 bits per heavy atom. The zero-order valence-electron chi connectivity index (χ0n) is 7.84. The van der Waals surface area contributed by atoms with E-state index in [1.165, 1.54) is 20.5 Å². The average Bonchev–Trinajstić information content (AvgIpc) is 2.54. The van der Waals surface area contributed by atoms with Gasteiger partial charge in [-0.05, 0) is 0 Å².